The minimum absolute atomic E-state index is 0.354. The summed E-state index contributed by atoms with van der Waals surface area (Å²) in [5.41, 5.74) is 8.90. The fourth-order valence-electron chi connectivity index (χ4n) is 2.87. The minimum Gasteiger partial charge on any atom is -0.485 e. The van der Waals surface area contributed by atoms with E-state index in [2.05, 4.69) is 0 Å². The summed E-state index contributed by atoms with van der Waals surface area (Å²) in [6.45, 7) is 0.846. The first kappa shape index (κ1) is 20.4. The van der Waals surface area contributed by atoms with Crippen molar-refractivity contribution in [2.24, 2.45) is 5.73 Å². The Hall–Kier alpha value is -3.31. The van der Waals surface area contributed by atoms with Gasteiger partial charge in [0.05, 0.1) is 7.11 Å². The Morgan fingerprint density at radius 2 is 1.34 bits per heavy atom. The molecule has 3 aromatic rings. The molecule has 1 atom stereocenters. The summed E-state index contributed by atoms with van der Waals surface area (Å²) in [5.74, 6) is 0.806. The fraction of sp³-hybridized carbons (Fsp3) is 0.208. The van der Waals surface area contributed by atoms with E-state index in [-0.39, 0.29) is 0 Å². The third-order valence-corrected chi connectivity index (χ3v) is 4.44. The highest BCUT2D eigenvalue weighted by Crippen LogP contribution is 2.30. The van der Waals surface area contributed by atoms with Gasteiger partial charge in [-0.05, 0) is 35.2 Å². The average molecular weight is 391 g/mol. The zero-order chi connectivity index (χ0) is 20.5. The quantitative estimate of drug-likeness (QED) is 0.561. The molecular weight excluding hydrogens is 366 g/mol. The van der Waals surface area contributed by atoms with E-state index in [0.29, 0.717) is 31.1 Å². The molecule has 0 radical (unpaired) electrons. The zero-order valence-electron chi connectivity index (χ0n) is 16.4. The van der Waals surface area contributed by atoms with Crippen molar-refractivity contribution in [1.29, 1.82) is 0 Å². The number of carbonyl (C=O) groups is 1. The molecule has 0 heterocycles. The molecule has 0 fully saturated rings. The van der Waals surface area contributed by atoms with Crippen LogP contribution < -0.4 is 15.2 Å². The topological polar surface area (TPSA) is 70.8 Å². The summed E-state index contributed by atoms with van der Waals surface area (Å²) in [7, 11) is 1.33. The van der Waals surface area contributed by atoms with Gasteiger partial charge >= 0.3 is 5.97 Å². The predicted molar refractivity (Wildman–Crippen MR) is 112 cm³/mol. The Morgan fingerprint density at radius 3 is 1.90 bits per heavy atom. The molecule has 0 aromatic heterocycles. The molecule has 0 amide bonds. The highest BCUT2D eigenvalue weighted by Gasteiger charge is 2.16. The number of esters is 1. The van der Waals surface area contributed by atoms with E-state index in [1.165, 1.54) is 7.11 Å². The standard InChI is InChI=1S/C24H25NO4/c1-27-24(26)21(25)14-20-12-13-22(28-16-18-8-4-2-5-9-18)23(15-20)29-17-19-10-6-3-7-11-19/h2-13,15,21H,14,16-17,25H2,1H3/t21-/m0/s1. The van der Waals surface area contributed by atoms with Gasteiger partial charge in [-0.1, -0.05) is 66.7 Å². The van der Waals surface area contributed by atoms with Gasteiger partial charge in [0.1, 0.15) is 19.3 Å². The first-order chi connectivity index (χ1) is 14.2. The normalized spacial score (nSPS) is 11.5. The Morgan fingerprint density at radius 1 is 0.793 bits per heavy atom. The van der Waals surface area contributed by atoms with E-state index in [1.54, 1.807) is 0 Å². The SMILES string of the molecule is COC(=O)[C@@H](N)Cc1ccc(OCc2ccccc2)c(OCc2ccccc2)c1. The van der Waals surface area contributed by atoms with Crippen LogP contribution in [-0.2, 0) is 29.2 Å². The molecule has 0 bridgehead atoms. The molecule has 5 heteroatoms. The van der Waals surface area contributed by atoms with Crippen LogP contribution in [0.2, 0.25) is 0 Å². The van der Waals surface area contributed by atoms with Crippen LogP contribution in [0.3, 0.4) is 0 Å². The number of benzene rings is 3. The number of methoxy groups -OCH3 is 1. The minimum atomic E-state index is -0.724. The lowest BCUT2D eigenvalue weighted by atomic mass is 10.1. The van der Waals surface area contributed by atoms with Crippen molar-refractivity contribution in [2.75, 3.05) is 7.11 Å². The molecule has 0 aliphatic heterocycles. The van der Waals surface area contributed by atoms with Crippen molar-refractivity contribution in [1.82, 2.24) is 0 Å². The van der Waals surface area contributed by atoms with Gasteiger partial charge in [0.2, 0.25) is 0 Å². The van der Waals surface area contributed by atoms with Crippen LogP contribution in [0.4, 0.5) is 0 Å². The van der Waals surface area contributed by atoms with Crippen molar-refractivity contribution in [3.63, 3.8) is 0 Å². The molecule has 3 rings (SSSR count). The number of rotatable bonds is 9. The number of ether oxygens (including phenoxy) is 3. The van der Waals surface area contributed by atoms with Gasteiger partial charge in [-0.3, -0.25) is 4.79 Å². The van der Waals surface area contributed by atoms with Gasteiger partial charge in [-0.25, -0.2) is 0 Å². The molecular formula is C24H25NO4. The van der Waals surface area contributed by atoms with Crippen molar-refractivity contribution >= 4 is 5.97 Å². The fourth-order valence-corrected chi connectivity index (χ4v) is 2.87. The molecule has 0 unspecified atom stereocenters. The third kappa shape index (κ3) is 6.09. The lowest BCUT2D eigenvalue weighted by Crippen LogP contribution is -2.33. The highest BCUT2D eigenvalue weighted by molar-refractivity contribution is 5.75. The Kier molecular flexibility index (Phi) is 7.25. The smallest absolute Gasteiger partial charge is 0.322 e. The maximum absolute atomic E-state index is 11.6. The van der Waals surface area contributed by atoms with Gasteiger partial charge in [-0.15, -0.1) is 0 Å². The van der Waals surface area contributed by atoms with Gasteiger partial charge in [0, 0.05) is 0 Å². The van der Waals surface area contributed by atoms with E-state index in [1.807, 2.05) is 78.9 Å². The number of nitrogens with two attached hydrogens (primary N) is 1. The van der Waals surface area contributed by atoms with E-state index in [4.69, 9.17) is 19.9 Å². The summed E-state index contributed by atoms with van der Waals surface area (Å²) >= 11 is 0. The largest absolute Gasteiger partial charge is 0.485 e. The van der Waals surface area contributed by atoms with Crippen LogP contribution in [0.15, 0.2) is 78.9 Å². The van der Waals surface area contributed by atoms with Crippen molar-refractivity contribution in [3.05, 3.63) is 95.6 Å². The molecule has 150 valence electrons. The molecule has 0 saturated carbocycles. The van der Waals surface area contributed by atoms with E-state index >= 15 is 0 Å². The highest BCUT2D eigenvalue weighted by atomic mass is 16.5. The second kappa shape index (κ2) is 10.3. The van der Waals surface area contributed by atoms with Gasteiger partial charge in [0.15, 0.2) is 11.5 Å². The van der Waals surface area contributed by atoms with Crippen molar-refractivity contribution in [2.45, 2.75) is 25.7 Å². The van der Waals surface area contributed by atoms with Crippen LogP contribution >= 0.6 is 0 Å². The zero-order valence-corrected chi connectivity index (χ0v) is 16.4. The maximum atomic E-state index is 11.6. The summed E-state index contributed by atoms with van der Waals surface area (Å²) in [4.78, 5) is 11.6. The second-order valence-corrected chi connectivity index (χ2v) is 6.66. The van der Waals surface area contributed by atoms with Crippen LogP contribution in [0, 0.1) is 0 Å². The molecule has 5 nitrogen and oxygen atoms in total. The monoisotopic (exact) mass is 391 g/mol. The number of hydrogen-bond donors (Lipinski definition) is 1. The predicted octanol–water partition coefficient (Wildman–Crippen LogP) is 3.89. The Labute approximate surface area is 171 Å². The average Bonchev–Trinajstić information content (AvgIpc) is 2.77. The molecule has 3 aromatic carbocycles. The van der Waals surface area contributed by atoms with E-state index < -0.39 is 12.0 Å². The second-order valence-electron chi connectivity index (χ2n) is 6.66. The summed E-state index contributed by atoms with van der Waals surface area (Å²) in [5, 5.41) is 0. The Bertz CT molecular complexity index is 913. The summed E-state index contributed by atoms with van der Waals surface area (Å²) < 4.78 is 16.7. The van der Waals surface area contributed by atoms with Crippen LogP contribution in [0.25, 0.3) is 0 Å². The molecule has 0 saturated heterocycles. The van der Waals surface area contributed by atoms with Gasteiger partial charge < -0.3 is 19.9 Å². The van der Waals surface area contributed by atoms with Crippen LogP contribution in [-0.4, -0.2) is 19.1 Å². The van der Waals surface area contributed by atoms with Crippen LogP contribution in [0.5, 0.6) is 11.5 Å². The number of carbonyl (C=O) groups excluding carboxylic acids is 1. The van der Waals surface area contributed by atoms with Crippen LogP contribution in [0.1, 0.15) is 16.7 Å². The first-order valence-electron chi connectivity index (χ1n) is 9.45. The maximum Gasteiger partial charge on any atom is 0.322 e. The lowest BCUT2D eigenvalue weighted by molar-refractivity contribution is -0.142. The lowest BCUT2D eigenvalue weighted by Gasteiger charge is -2.16. The van der Waals surface area contributed by atoms with Gasteiger partial charge in [-0.2, -0.15) is 0 Å². The third-order valence-electron chi connectivity index (χ3n) is 4.44. The van der Waals surface area contributed by atoms with Crippen molar-refractivity contribution in [3.8, 4) is 11.5 Å². The Balaban J connectivity index is 1.76. The number of hydrogen-bond acceptors (Lipinski definition) is 5. The summed E-state index contributed by atoms with van der Waals surface area (Å²) in [6.07, 6.45) is 0.354. The molecule has 0 aliphatic carbocycles. The molecule has 0 spiro atoms. The molecule has 2 N–H and O–H groups in total. The van der Waals surface area contributed by atoms with Crippen molar-refractivity contribution < 1.29 is 19.0 Å². The summed E-state index contributed by atoms with van der Waals surface area (Å²) in [6, 6.07) is 24.7. The first-order valence-corrected chi connectivity index (χ1v) is 9.45. The molecule has 0 aliphatic rings. The molecule has 29 heavy (non-hydrogen) atoms. The van der Waals surface area contributed by atoms with E-state index in [9.17, 15) is 4.79 Å². The van der Waals surface area contributed by atoms with E-state index in [0.717, 1.165) is 16.7 Å². The van der Waals surface area contributed by atoms with Gasteiger partial charge in [0.25, 0.3) is 0 Å².